The van der Waals surface area contributed by atoms with Crippen LogP contribution in [0.2, 0.25) is 0 Å². The number of nitrogens with zero attached hydrogens (tertiary/aromatic N) is 2. The molecule has 2 rings (SSSR count). The Hall–Kier alpha value is -1.72. The summed E-state index contributed by atoms with van der Waals surface area (Å²) in [6.45, 7) is 4.31. The quantitative estimate of drug-likeness (QED) is 0.213. The van der Waals surface area contributed by atoms with Gasteiger partial charge in [0, 0.05) is 23.7 Å². The second-order valence-electron chi connectivity index (χ2n) is 5.09. The zero-order valence-electron chi connectivity index (χ0n) is 14.2. The topological polar surface area (TPSA) is 60.2 Å². The molecule has 2 aromatic carbocycles. The fourth-order valence-electron chi connectivity index (χ4n) is 2.05. The van der Waals surface area contributed by atoms with E-state index < -0.39 is 0 Å². The first-order valence-electron chi connectivity index (χ1n) is 8.01. The first-order valence-corrected chi connectivity index (χ1v) is 8.99. The summed E-state index contributed by atoms with van der Waals surface area (Å²) in [6, 6.07) is 20.0. The van der Waals surface area contributed by atoms with Crippen molar-refractivity contribution in [2.45, 2.75) is 18.4 Å². The van der Waals surface area contributed by atoms with Crippen molar-refractivity contribution in [3.8, 4) is 6.07 Å². The number of hydrogen-bond donors (Lipinski definition) is 2. The fourth-order valence-corrected chi connectivity index (χ4v) is 2.84. The van der Waals surface area contributed by atoms with Gasteiger partial charge in [0.15, 0.2) is 5.96 Å². The Morgan fingerprint density at radius 2 is 1.80 bits per heavy atom. The smallest absolute Gasteiger partial charge is 0.191 e. The van der Waals surface area contributed by atoms with Crippen LogP contribution in [0, 0.1) is 11.3 Å². The number of aliphatic imine (C=N–C) groups is 1. The Morgan fingerprint density at radius 1 is 1.08 bits per heavy atom. The van der Waals surface area contributed by atoms with E-state index in [4.69, 9.17) is 5.26 Å². The third kappa shape index (κ3) is 8.27. The lowest BCUT2D eigenvalue weighted by Gasteiger charge is -2.11. The highest BCUT2D eigenvalue weighted by Gasteiger charge is 1.99. The maximum atomic E-state index is 8.82. The highest BCUT2D eigenvalue weighted by Crippen LogP contribution is 2.15. The molecule has 0 spiro atoms. The van der Waals surface area contributed by atoms with Crippen molar-refractivity contribution < 1.29 is 0 Å². The van der Waals surface area contributed by atoms with E-state index in [1.165, 1.54) is 4.90 Å². The van der Waals surface area contributed by atoms with Gasteiger partial charge in [0.2, 0.25) is 0 Å². The molecular weight excluding hydrogens is 443 g/mol. The van der Waals surface area contributed by atoms with Gasteiger partial charge in [-0.15, -0.1) is 35.7 Å². The standard InChI is InChI=1S/C19H22N4S.HI/c1-2-21-19(22-12-13-24-18-6-4-3-5-7-18)23-15-17-10-8-16(14-20)9-11-17;/h3-11H,2,12-13,15H2,1H3,(H2,21,22,23);1H. The summed E-state index contributed by atoms with van der Waals surface area (Å²) in [5.74, 6) is 1.79. The average Bonchev–Trinajstić information content (AvgIpc) is 2.64. The maximum Gasteiger partial charge on any atom is 0.191 e. The molecule has 0 amide bonds. The van der Waals surface area contributed by atoms with Crippen LogP contribution in [0.1, 0.15) is 18.1 Å². The van der Waals surface area contributed by atoms with Gasteiger partial charge in [-0.2, -0.15) is 5.26 Å². The average molecular weight is 466 g/mol. The monoisotopic (exact) mass is 466 g/mol. The number of halogens is 1. The fraction of sp³-hybridized carbons (Fsp3) is 0.263. The molecule has 0 atom stereocenters. The van der Waals surface area contributed by atoms with E-state index in [1.54, 1.807) is 0 Å². The minimum Gasteiger partial charge on any atom is -0.357 e. The lowest BCUT2D eigenvalue weighted by molar-refractivity contribution is 0.843. The van der Waals surface area contributed by atoms with Gasteiger partial charge in [-0.05, 0) is 36.8 Å². The molecule has 4 nitrogen and oxygen atoms in total. The summed E-state index contributed by atoms with van der Waals surface area (Å²) >= 11 is 1.82. The third-order valence-electron chi connectivity index (χ3n) is 3.25. The zero-order valence-corrected chi connectivity index (χ0v) is 17.4. The molecule has 132 valence electrons. The van der Waals surface area contributed by atoms with E-state index in [0.717, 1.165) is 30.4 Å². The summed E-state index contributed by atoms with van der Waals surface area (Å²) < 4.78 is 0. The molecule has 0 bridgehead atoms. The number of rotatable bonds is 7. The summed E-state index contributed by atoms with van der Waals surface area (Å²) in [4.78, 5) is 5.86. The van der Waals surface area contributed by atoms with Gasteiger partial charge in [-0.25, -0.2) is 4.99 Å². The predicted octanol–water partition coefficient (Wildman–Crippen LogP) is 4.02. The lowest BCUT2D eigenvalue weighted by atomic mass is 10.1. The number of nitriles is 1. The van der Waals surface area contributed by atoms with Gasteiger partial charge in [-0.3, -0.25) is 0 Å². The zero-order chi connectivity index (χ0) is 17.0. The van der Waals surface area contributed by atoms with Crippen LogP contribution in [0.4, 0.5) is 0 Å². The molecule has 0 heterocycles. The van der Waals surface area contributed by atoms with Gasteiger partial charge >= 0.3 is 0 Å². The van der Waals surface area contributed by atoms with Gasteiger partial charge in [-0.1, -0.05) is 30.3 Å². The largest absolute Gasteiger partial charge is 0.357 e. The minimum atomic E-state index is 0. The van der Waals surface area contributed by atoms with Crippen molar-refractivity contribution in [2.24, 2.45) is 4.99 Å². The Kier molecular flexibility index (Phi) is 10.8. The van der Waals surface area contributed by atoms with E-state index in [0.29, 0.717) is 12.1 Å². The van der Waals surface area contributed by atoms with E-state index in [2.05, 4.69) is 52.9 Å². The maximum absolute atomic E-state index is 8.82. The van der Waals surface area contributed by atoms with Crippen LogP contribution in [0.15, 0.2) is 64.5 Å². The molecule has 0 unspecified atom stereocenters. The lowest BCUT2D eigenvalue weighted by Crippen LogP contribution is -2.38. The van der Waals surface area contributed by atoms with E-state index in [9.17, 15) is 0 Å². The molecule has 0 fully saturated rings. The Balaban J connectivity index is 0.00000312. The van der Waals surface area contributed by atoms with Gasteiger partial charge < -0.3 is 10.6 Å². The summed E-state index contributed by atoms with van der Waals surface area (Å²) in [5.41, 5.74) is 1.76. The molecule has 25 heavy (non-hydrogen) atoms. The summed E-state index contributed by atoms with van der Waals surface area (Å²) in [7, 11) is 0. The Labute approximate surface area is 171 Å². The molecule has 0 radical (unpaired) electrons. The molecule has 0 saturated heterocycles. The second kappa shape index (κ2) is 12.6. The van der Waals surface area contributed by atoms with Crippen LogP contribution < -0.4 is 10.6 Å². The van der Waals surface area contributed by atoms with Crippen molar-refractivity contribution in [1.82, 2.24) is 10.6 Å². The molecule has 0 aliphatic rings. The summed E-state index contributed by atoms with van der Waals surface area (Å²) in [5, 5.41) is 15.4. The molecule has 2 N–H and O–H groups in total. The predicted molar refractivity (Wildman–Crippen MR) is 117 cm³/mol. The van der Waals surface area contributed by atoms with Crippen LogP contribution in [-0.4, -0.2) is 24.8 Å². The van der Waals surface area contributed by atoms with E-state index in [1.807, 2.05) is 42.1 Å². The van der Waals surface area contributed by atoms with Crippen LogP contribution >= 0.6 is 35.7 Å². The minimum absolute atomic E-state index is 0. The third-order valence-corrected chi connectivity index (χ3v) is 4.27. The number of nitrogens with one attached hydrogen (secondary N) is 2. The molecule has 0 aliphatic carbocycles. The van der Waals surface area contributed by atoms with Gasteiger partial charge in [0.05, 0.1) is 18.2 Å². The summed E-state index contributed by atoms with van der Waals surface area (Å²) in [6.07, 6.45) is 0. The molecule has 6 heteroatoms. The highest BCUT2D eigenvalue weighted by atomic mass is 127. The highest BCUT2D eigenvalue weighted by molar-refractivity contribution is 14.0. The number of hydrogen-bond acceptors (Lipinski definition) is 3. The van der Waals surface area contributed by atoms with Gasteiger partial charge in [0.25, 0.3) is 0 Å². The van der Waals surface area contributed by atoms with Crippen molar-refractivity contribution in [2.75, 3.05) is 18.8 Å². The van der Waals surface area contributed by atoms with Crippen LogP contribution in [0.25, 0.3) is 0 Å². The SMILES string of the molecule is CCNC(=NCc1ccc(C#N)cc1)NCCSc1ccccc1.I. The Bertz CT molecular complexity index is 681. The number of guanidine groups is 1. The van der Waals surface area contributed by atoms with Crippen LogP contribution in [0.3, 0.4) is 0 Å². The Morgan fingerprint density at radius 3 is 2.44 bits per heavy atom. The second-order valence-corrected chi connectivity index (χ2v) is 6.26. The molecular formula is C19H23IN4S. The van der Waals surface area contributed by atoms with Gasteiger partial charge in [0.1, 0.15) is 0 Å². The normalized spacial score (nSPS) is 10.5. The number of benzene rings is 2. The molecule has 2 aromatic rings. The van der Waals surface area contributed by atoms with Crippen molar-refractivity contribution in [3.63, 3.8) is 0 Å². The van der Waals surface area contributed by atoms with Crippen molar-refractivity contribution >= 4 is 41.7 Å². The van der Waals surface area contributed by atoms with E-state index in [-0.39, 0.29) is 24.0 Å². The molecule has 0 aromatic heterocycles. The van der Waals surface area contributed by atoms with Crippen molar-refractivity contribution in [1.29, 1.82) is 5.26 Å². The van der Waals surface area contributed by atoms with Crippen molar-refractivity contribution in [3.05, 3.63) is 65.7 Å². The molecule has 0 aliphatic heterocycles. The first kappa shape index (κ1) is 21.3. The molecule has 0 saturated carbocycles. The first-order chi connectivity index (χ1) is 11.8. The number of thioether (sulfide) groups is 1. The van der Waals surface area contributed by atoms with Crippen LogP contribution in [0.5, 0.6) is 0 Å². The van der Waals surface area contributed by atoms with Crippen LogP contribution in [-0.2, 0) is 6.54 Å². The van der Waals surface area contributed by atoms with E-state index >= 15 is 0 Å².